The monoisotopic (exact) mass is 245 g/mol. The molecule has 0 aromatic heterocycles. The Hall–Kier alpha value is -0.310. The average molecular weight is 246 g/mol. The number of alkyl halides is 1. The molecule has 1 heterocycles. The van der Waals surface area contributed by atoms with E-state index in [1.54, 1.807) is 11.8 Å². The zero-order valence-electron chi connectivity index (χ0n) is 7.58. The van der Waals surface area contributed by atoms with Crippen molar-refractivity contribution in [3.05, 3.63) is 40.4 Å². The Labute approximate surface area is 97.7 Å². The van der Waals surface area contributed by atoms with Gasteiger partial charge in [0.15, 0.2) is 4.83 Å². The summed E-state index contributed by atoms with van der Waals surface area (Å²) in [6.07, 6.45) is 1.95. The zero-order chi connectivity index (χ0) is 10.1. The molecule has 1 aliphatic rings. The molecular formula is C10H9Cl2NS. The van der Waals surface area contributed by atoms with E-state index < -0.39 is 0 Å². The lowest BCUT2D eigenvalue weighted by molar-refractivity contribution is 1.11. The molecule has 14 heavy (non-hydrogen) atoms. The molecule has 0 saturated carbocycles. The molecule has 0 amide bonds. The van der Waals surface area contributed by atoms with Crippen molar-refractivity contribution >= 4 is 40.7 Å². The van der Waals surface area contributed by atoms with Gasteiger partial charge < -0.3 is 4.90 Å². The molecule has 1 atom stereocenters. The molecule has 0 saturated heterocycles. The second-order valence-corrected chi connectivity index (χ2v) is 5.10. The van der Waals surface area contributed by atoms with Crippen LogP contribution in [0.25, 0.3) is 0 Å². The van der Waals surface area contributed by atoms with Gasteiger partial charge in [-0.25, -0.2) is 0 Å². The molecule has 0 bridgehead atoms. The van der Waals surface area contributed by atoms with E-state index in [4.69, 9.17) is 23.2 Å². The standard InChI is InChI=1S/C10H9Cl2NS/c1-7-3-2-4-8(11)9(7)13-5-6-14-10(13)12/h2-6,10H,1H3. The second kappa shape index (κ2) is 4.05. The second-order valence-electron chi connectivity index (χ2n) is 3.03. The van der Waals surface area contributed by atoms with Crippen molar-refractivity contribution in [1.82, 2.24) is 0 Å². The van der Waals surface area contributed by atoms with Crippen LogP contribution in [-0.4, -0.2) is 4.83 Å². The van der Waals surface area contributed by atoms with Gasteiger partial charge in [0, 0.05) is 6.20 Å². The van der Waals surface area contributed by atoms with Crippen LogP contribution in [0.2, 0.25) is 5.02 Å². The van der Waals surface area contributed by atoms with Gasteiger partial charge in [-0.2, -0.15) is 0 Å². The number of hydrogen-bond acceptors (Lipinski definition) is 2. The molecule has 0 spiro atoms. The summed E-state index contributed by atoms with van der Waals surface area (Å²) in [6, 6.07) is 5.85. The lowest BCUT2D eigenvalue weighted by Crippen LogP contribution is -2.19. The fraction of sp³-hybridized carbons (Fsp3) is 0.200. The summed E-state index contributed by atoms with van der Waals surface area (Å²) < 4.78 is 0. The van der Waals surface area contributed by atoms with Gasteiger partial charge in [0.2, 0.25) is 0 Å². The fourth-order valence-corrected chi connectivity index (χ4v) is 2.72. The third-order valence-corrected chi connectivity index (χ3v) is 3.63. The molecule has 1 aromatic carbocycles. The first kappa shape index (κ1) is 10.2. The molecule has 1 aliphatic heterocycles. The van der Waals surface area contributed by atoms with Crippen LogP contribution < -0.4 is 4.90 Å². The highest BCUT2D eigenvalue weighted by molar-refractivity contribution is 8.04. The van der Waals surface area contributed by atoms with Crippen LogP contribution in [0.3, 0.4) is 0 Å². The smallest absolute Gasteiger partial charge is 0.159 e. The number of nitrogens with zero attached hydrogens (tertiary/aromatic N) is 1. The Kier molecular flexibility index (Phi) is 2.96. The highest BCUT2D eigenvalue weighted by Crippen LogP contribution is 2.38. The van der Waals surface area contributed by atoms with Crippen LogP contribution in [0.5, 0.6) is 0 Å². The lowest BCUT2D eigenvalue weighted by Gasteiger charge is -2.22. The summed E-state index contributed by atoms with van der Waals surface area (Å²) in [5.74, 6) is 0. The molecule has 74 valence electrons. The van der Waals surface area contributed by atoms with Gasteiger partial charge in [0.05, 0.1) is 10.7 Å². The van der Waals surface area contributed by atoms with Gasteiger partial charge in [-0.3, -0.25) is 0 Å². The van der Waals surface area contributed by atoms with E-state index in [0.29, 0.717) is 0 Å². The quantitative estimate of drug-likeness (QED) is 0.539. The number of hydrogen-bond donors (Lipinski definition) is 0. The summed E-state index contributed by atoms with van der Waals surface area (Å²) in [4.78, 5) is 1.89. The van der Waals surface area contributed by atoms with E-state index in [9.17, 15) is 0 Å². The number of benzene rings is 1. The average Bonchev–Trinajstić information content (AvgIpc) is 2.52. The fourth-order valence-electron chi connectivity index (χ4n) is 1.42. The molecular weight excluding hydrogens is 237 g/mol. The van der Waals surface area contributed by atoms with Gasteiger partial charge in [-0.1, -0.05) is 47.1 Å². The van der Waals surface area contributed by atoms with Crippen LogP contribution >= 0.6 is 35.0 Å². The summed E-state index contributed by atoms with van der Waals surface area (Å²) in [7, 11) is 0. The van der Waals surface area contributed by atoms with Gasteiger partial charge in [-0.05, 0) is 24.0 Å². The molecule has 1 aromatic rings. The Bertz CT molecular complexity index is 358. The van der Waals surface area contributed by atoms with E-state index in [1.165, 1.54) is 0 Å². The molecule has 4 heteroatoms. The van der Waals surface area contributed by atoms with E-state index >= 15 is 0 Å². The van der Waals surface area contributed by atoms with Crippen LogP contribution in [-0.2, 0) is 0 Å². The normalized spacial score (nSPS) is 20.5. The van der Waals surface area contributed by atoms with Crippen molar-refractivity contribution in [3.63, 3.8) is 0 Å². The van der Waals surface area contributed by atoms with Crippen molar-refractivity contribution in [2.45, 2.75) is 11.8 Å². The Morgan fingerprint density at radius 2 is 2.21 bits per heavy atom. The summed E-state index contributed by atoms with van der Waals surface area (Å²) in [5, 5.41) is 2.71. The SMILES string of the molecule is Cc1cccc(Cl)c1N1C=CSC1Cl. The highest BCUT2D eigenvalue weighted by atomic mass is 35.5. The van der Waals surface area contributed by atoms with E-state index in [-0.39, 0.29) is 4.83 Å². The molecule has 0 fully saturated rings. The van der Waals surface area contributed by atoms with E-state index in [1.807, 2.05) is 41.6 Å². The minimum Gasteiger partial charge on any atom is -0.320 e. The minimum absolute atomic E-state index is 0.0893. The van der Waals surface area contributed by atoms with Crippen molar-refractivity contribution < 1.29 is 0 Å². The maximum Gasteiger partial charge on any atom is 0.159 e. The van der Waals surface area contributed by atoms with Crippen molar-refractivity contribution in [3.8, 4) is 0 Å². The first-order chi connectivity index (χ1) is 6.70. The van der Waals surface area contributed by atoms with Crippen LogP contribution in [0.4, 0.5) is 5.69 Å². The molecule has 0 aliphatic carbocycles. The van der Waals surface area contributed by atoms with Crippen LogP contribution in [0.1, 0.15) is 5.56 Å². The van der Waals surface area contributed by atoms with Crippen molar-refractivity contribution in [2.75, 3.05) is 4.90 Å². The van der Waals surface area contributed by atoms with Gasteiger partial charge in [0.25, 0.3) is 0 Å². The number of aryl methyl sites for hydroxylation is 1. The number of para-hydroxylation sites is 1. The predicted octanol–water partition coefficient (Wildman–Crippen LogP) is 4.20. The Morgan fingerprint density at radius 1 is 1.43 bits per heavy atom. The summed E-state index contributed by atoms with van der Waals surface area (Å²) >= 11 is 13.8. The van der Waals surface area contributed by atoms with E-state index in [2.05, 4.69) is 0 Å². The lowest BCUT2D eigenvalue weighted by atomic mass is 10.2. The van der Waals surface area contributed by atoms with Gasteiger partial charge >= 0.3 is 0 Å². The highest BCUT2D eigenvalue weighted by Gasteiger charge is 2.21. The third kappa shape index (κ3) is 1.74. The maximum atomic E-state index is 6.13. The molecule has 0 radical (unpaired) electrons. The number of rotatable bonds is 1. The molecule has 1 unspecified atom stereocenters. The van der Waals surface area contributed by atoms with Gasteiger partial charge in [-0.15, -0.1) is 0 Å². The Morgan fingerprint density at radius 3 is 2.79 bits per heavy atom. The first-order valence-electron chi connectivity index (χ1n) is 4.20. The van der Waals surface area contributed by atoms with Crippen LogP contribution in [0.15, 0.2) is 29.8 Å². The summed E-state index contributed by atoms with van der Waals surface area (Å²) in [6.45, 7) is 2.03. The van der Waals surface area contributed by atoms with Crippen LogP contribution in [0, 0.1) is 6.92 Å². The first-order valence-corrected chi connectivity index (χ1v) is 5.95. The predicted molar refractivity (Wildman–Crippen MR) is 65.0 cm³/mol. The number of thioether (sulfide) groups is 1. The maximum absolute atomic E-state index is 6.13. The molecule has 2 rings (SSSR count). The molecule has 0 N–H and O–H groups in total. The van der Waals surface area contributed by atoms with Crippen molar-refractivity contribution in [1.29, 1.82) is 0 Å². The largest absolute Gasteiger partial charge is 0.320 e. The van der Waals surface area contributed by atoms with E-state index in [0.717, 1.165) is 16.3 Å². The van der Waals surface area contributed by atoms with Gasteiger partial charge in [0.1, 0.15) is 0 Å². The van der Waals surface area contributed by atoms with Crippen molar-refractivity contribution in [2.24, 2.45) is 0 Å². The molecule has 1 nitrogen and oxygen atoms in total. The number of halogens is 2. The minimum atomic E-state index is -0.0893. The topological polar surface area (TPSA) is 3.24 Å². The zero-order valence-corrected chi connectivity index (χ0v) is 9.90. The third-order valence-electron chi connectivity index (χ3n) is 2.08. The number of anilines is 1. The Balaban J connectivity index is 2.45. The summed E-state index contributed by atoms with van der Waals surface area (Å²) in [5.41, 5.74) is 2.13.